The third-order valence-corrected chi connectivity index (χ3v) is 3.67. The molecule has 19 heavy (non-hydrogen) atoms. The standard InChI is InChI=1S/C12H16Cl3N3O/c1-12(2,11(16)18-19)3-4-17-10-8(14)5-7(13)6-9(10)15/h5-6,17,19H,3-4H2,1-2H3,(H2,16,18). The van der Waals surface area contributed by atoms with Crippen molar-refractivity contribution in [2.45, 2.75) is 20.3 Å². The van der Waals surface area contributed by atoms with Gasteiger partial charge in [-0.05, 0) is 18.6 Å². The Morgan fingerprint density at radius 1 is 1.32 bits per heavy atom. The predicted octanol–water partition coefficient (Wildman–Crippen LogP) is 4.22. The molecule has 0 spiro atoms. The number of anilines is 1. The number of oxime groups is 1. The number of nitrogens with two attached hydrogens (primary N) is 1. The molecule has 7 heteroatoms. The first-order valence-corrected chi connectivity index (χ1v) is 6.77. The van der Waals surface area contributed by atoms with Gasteiger partial charge in [-0.3, -0.25) is 0 Å². The summed E-state index contributed by atoms with van der Waals surface area (Å²) in [5.74, 6) is 0.183. The fraction of sp³-hybridized carbons (Fsp3) is 0.417. The summed E-state index contributed by atoms with van der Waals surface area (Å²) in [5, 5.41) is 16.2. The van der Waals surface area contributed by atoms with Crippen LogP contribution in [0.5, 0.6) is 0 Å². The van der Waals surface area contributed by atoms with E-state index in [0.29, 0.717) is 33.7 Å². The summed E-state index contributed by atoms with van der Waals surface area (Å²) in [6, 6.07) is 3.23. The van der Waals surface area contributed by atoms with Gasteiger partial charge >= 0.3 is 0 Å². The lowest BCUT2D eigenvalue weighted by Crippen LogP contribution is -2.33. The molecule has 0 radical (unpaired) electrons. The first-order valence-electron chi connectivity index (χ1n) is 5.64. The zero-order valence-corrected chi connectivity index (χ0v) is 12.9. The fourth-order valence-corrected chi connectivity index (χ4v) is 2.43. The molecule has 4 N–H and O–H groups in total. The zero-order chi connectivity index (χ0) is 14.6. The van der Waals surface area contributed by atoms with Gasteiger partial charge in [-0.25, -0.2) is 0 Å². The Hall–Kier alpha value is -0.840. The fourth-order valence-electron chi connectivity index (χ4n) is 1.47. The first kappa shape index (κ1) is 16.2. The van der Waals surface area contributed by atoms with Crippen LogP contribution in [0.2, 0.25) is 15.1 Å². The molecule has 1 rings (SSSR count). The smallest absolute Gasteiger partial charge is 0.144 e. The normalized spacial score (nSPS) is 12.6. The third kappa shape index (κ3) is 4.34. The summed E-state index contributed by atoms with van der Waals surface area (Å²) in [6.07, 6.45) is 0.651. The molecule has 0 amide bonds. The van der Waals surface area contributed by atoms with Crippen LogP contribution in [0.25, 0.3) is 0 Å². The molecule has 106 valence electrons. The van der Waals surface area contributed by atoms with Crippen LogP contribution in [-0.2, 0) is 0 Å². The Balaban J connectivity index is 2.69. The molecule has 0 saturated carbocycles. The minimum Gasteiger partial charge on any atom is -0.409 e. The molecular weight excluding hydrogens is 309 g/mol. The molecular formula is C12H16Cl3N3O. The van der Waals surface area contributed by atoms with Gasteiger partial charge in [0.25, 0.3) is 0 Å². The molecule has 4 nitrogen and oxygen atoms in total. The second kappa shape index (κ2) is 6.55. The molecule has 0 atom stereocenters. The highest BCUT2D eigenvalue weighted by Gasteiger charge is 2.23. The van der Waals surface area contributed by atoms with Crippen LogP contribution in [0, 0.1) is 5.41 Å². The molecule has 0 aliphatic heterocycles. The second-order valence-corrected chi connectivity index (χ2v) is 6.04. The number of halogens is 3. The van der Waals surface area contributed by atoms with Crippen molar-refractivity contribution < 1.29 is 5.21 Å². The average molecular weight is 325 g/mol. The highest BCUT2D eigenvalue weighted by Crippen LogP contribution is 2.34. The van der Waals surface area contributed by atoms with Crippen molar-refractivity contribution in [2.75, 3.05) is 11.9 Å². The van der Waals surface area contributed by atoms with Crippen molar-refractivity contribution in [1.82, 2.24) is 0 Å². The average Bonchev–Trinajstić information content (AvgIpc) is 2.31. The number of hydrogen-bond donors (Lipinski definition) is 3. The maximum atomic E-state index is 8.69. The number of amidine groups is 1. The SMILES string of the molecule is CC(C)(CCNc1c(Cl)cc(Cl)cc1Cl)C(N)=NO. The number of nitrogens with one attached hydrogen (secondary N) is 1. The lowest BCUT2D eigenvalue weighted by atomic mass is 9.88. The van der Waals surface area contributed by atoms with Crippen LogP contribution in [0.3, 0.4) is 0 Å². The van der Waals surface area contributed by atoms with E-state index in [2.05, 4.69) is 10.5 Å². The predicted molar refractivity (Wildman–Crippen MR) is 81.8 cm³/mol. The van der Waals surface area contributed by atoms with Crippen LogP contribution < -0.4 is 11.1 Å². The van der Waals surface area contributed by atoms with Crippen molar-refractivity contribution in [1.29, 1.82) is 0 Å². The van der Waals surface area contributed by atoms with Gasteiger partial charge in [0.1, 0.15) is 5.84 Å². The summed E-state index contributed by atoms with van der Waals surface area (Å²) in [7, 11) is 0. The number of hydrogen-bond acceptors (Lipinski definition) is 3. The van der Waals surface area contributed by atoms with Crippen LogP contribution in [-0.4, -0.2) is 17.6 Å². The molecule has 0 unspecified atom stereocenters. The van der Waals surface area contributed by atoms with Gasteiger partial charge in [-0.2, -0.15) is 0 Å². The topological polar surface area (TPSA) is 70.6 Å². The molecule has 0 aliphatic carbocycles. The molecule has 0 heterocycles. The molecule has 0 saturated heterocycles. The largest absolute Gasteiger partial charge is 0.409 e. The molecule has 0 aliphatic rings. The van der Waals surface area contributed by atoms with Gasteiger partial charge in [-0.1, -0.05) is 53.8 Å². The van der Waals surface area contributed by atoms with E-state index < -0.39 is 5.41 Å². The van der Waals surface area contributed by atoms with E-state index in [1.807, 2.05) is 13.8 Å². The summed E-state index contributed by atoms with van der Waals surface area (Å²) in [4.78, 5) is 0. The maximum Gasteiger partial charge on any atom is 0.144 e. The van der Waals surface area contributed by atoms with Crippen LogP contribution in [0.15, 0.2) is 17.3 Å². The Morgan fingerprint density at radius 2 is 1.84 bits per heavy atom. The van der Waals surface area contributed by atoms with Crippen LogP contribution in [0.4, 0.5) is 5.69 Å². The summed E-state index contributed by atoms with van der Waals surface area (Å²) >= 11 is 17.9. The van der Waals surface area contributed by atoms with Gasteiger partial charge in [0.2, 0.25) is 0 Å². The van der Waals surface area contributed by atoms with Gasteiger partial charge < -0.3 is 16.3 Å². The van der Waals surface area contributed by atoms with Gasteiger partial charge in [-0.15, -0.1) is 0 Å². The number of nitrogens with zero attached hydrogens (tertiary/aromatic N) is 1. The van der Waals surface area contributed by atoms with Crippen molar-refractivity contribution in [2.24, 2.45) is 16.3 Å². The first-order chi connectivity index (χ1) is 8.77. The third-order valence-electron chi connectivity index (χ3n) is 2.86. The van der Waals surface area contributed by atoms with Crippen molar-refractivity contribution in [3.05, 3.63) is 27.2 Å². The summed E-state index contributed by atoms with van der Waals surface area (Å²) in [5.41, 5.74) is 5.82. The lowest BCUT2D eigenvalue weighted by molar-refractivity contribution is 0.306. The van der Waals surface area contributed by atoms with Gasteiger partial charge in [0, 0.05) is 17.0 Å². The molecule has 0 fully saturated rings. The van der Waals surface area contributed by atoms with Crippen LogP contribution in [0.1, 0.15) is 20.3 Å². The monoisotopic (exact) mass is 323 g/mol. The summed E-state index contributed by atoms with van der Waals surface area (Å²) in [6.45, 7) is 4.34. The minimum atomic E-state index is -0.423. The molecule has 1 aromatic rings. The number of rotatable bonds is 5. The van der Waals surface area contributed by atoms with E-state index in [4.69, 9.17) is 45.7 Å². The van der Waals surface area contributed by atoms with Crippen molar-refractivity contribution >= 4 is 46.3 Å². The quantitative estimate of drug-likeness (QED) is 0.329. The van der Waals surface area contributed by atoms with Crippen molar-refractivity contribution in [3.8, 4) is 0 Å². The zero-order valence-electron chi connectivity index (χ0n) is 10.7. The lowest BCUT2D eigenvalue weighted by Gasteiger charge is -2.23. The Kier molecular flexibility index (Phi) is 5.59. The molecule has 1 aromatic carbocycles. The highest BCUT2D eigenvalue weighted by atomic mass is 35.5. The molecule has 0 aromatic heterocycles. The van der Waals surface area contributed by atoms with E-state index in [1.165, 1.54) is 0 Å². The Morgan fingerprint density at radius 3 is 2.32 bits per heavy atom. The summed E-state index contributed by atoms with van der Waals surface area (Å²) < 4.78 is 0. The van der Waals surface area contributed by atoms with E-state index in [0.717, 1.165) is 0 Å². The van der Waals surface area contributed by atoms with Gasteiger partial charge in [0.05, 0.1) is 15.7 Å². The van der Waals surface area contributed by atoms with E-state index in [-0.39, 0.29) is 5.84 Å². The van der Waals surface area contributed by atoms with E-state index in [9.17, 15) is 0 Å². The second-order valence-electron chi connectivity index (χ2n) is 4.79. The van der Waals surface area contributed by atoms with Crippen LogP contribution >= 0.6 is 34.8 Å². The highest BCUT2D eigenvalue weighted by molar-refractivity contribution is 6.41. The van der Waals surface area contributed by atoms with Crippen molar-refractivity contribution in [3.63, 3.8) is 0 Å². The Bertz CT molecular complexity index is 466. The minimum absolute atomic E-state index is 0.183. The molecule has 0 bridgehead atoms. The van der Waals surface area contributed by atoms with E-state index in [1.54, 1.807) is 12.1 Å². The Labute approximate surface area is 127 Å². The van der Waals surface area contributed by atoms with E-state index >= 15 is 0 Å². The maximum absolute atomic E-state index is 8.69. The number of benzene rings is 1. The van der Waals surface area contributed by atoms with Gasteiger partial charge in [0.15, 0.2) is 0 Å².